The zero-order valence-corrected chi connectivity index (χ0v) is 13.6. The van der Waals surface area contributed by atoms with Crippen molar-refractivity contribution in [3.8, 4) is 0 Å². The van der Waals surface area contributed by atoms with Gasteiger partial charge in [-0.15, -0.1) is 5.10 Å². The number of H-pyrrole nitrogens is 1. The standard InChI is InChI=1S/C14H25N5O2/c1-7-19(8-2)12(21)9(3)15-11(20)10-16-13(18-17-10)14(4,5)6/h9H,7-8H2,1-6H3,(H,15,20)(H,16,17,18). The number of amides is 2. The predicted molar refractivity (Wildman–Crippen MR) is 79.9 cm³/mol. The number of aromatic amines is 1. The molecule has 0 fully saturated rings. The molecular formula is C14H25N5O2. The number of hydrogen-bond donors (Lipinski definition) is 2. The van der Waals surface area contributed by atoms with E-state index in [1.807, 2.05) is 34.6 Å². The van der Waals surface area contributed by atoms with E-state index in [9.17, 15) is 9.59 Å². The van der Waals surface area contributed by atoms with Gasteiger partial charge in [0.1, 0.15) is 11.9 Å². The Kier molecular flexibility index (Phi) is 5.46. The van der Waals surface area contributed by atoms with E-state index < -0.39 is 11.9 Å². The van der Waals surface area contributed by atoms with Crippen LogP contribution in [0.4, 0.5) is 0 Å². The molecule has 0 aromatic carbocycles. The van der Waals surface area contributed by atoms with E-state index >= 15 is 0 Å². The lowest BCUT2D eigenvalue weighted by Crippen LogP contribution is -2.47. The van der Waals surface area contributed by atoms with Gasteiger partial charge in [-0.1, -0.05) is 20.8 Å². The smallest absolute Gasteiger partial charge is 0.291 e. The second-order valence-electron chi connectivity index (χ2n) is 5.96. The maximum Gasteiger partial charge on any atom is 0.291 e. The fourth-order valence-corrected chi connectivity index (χ4v) is 1.83. The Hall–Kier alpha value is -1.92. The van der Waals surface area contributed by atoms with Crippen LogP contribution in [0.2, 0.25) is 0 Å². The summed E-state index contributed by atoms with van der Waals surface area (Å²) in [5, 5.41) is 9.30. The van der Waals surface area contributed by atoms with Crippen LogP contribution in [0, 0.1) is 0 Å². The largest absolute Gasteiger partial charge is 0.341 e. The van der Waals surface area contributed by atoms with Gasteiger partial charge in [0.2, 0.25) is 11.7 Å². The van der Waals surface area contributed by atoms with Gasteiger partial charge in [0.15, 0.2) is 0 Å². The average Bonchev–Trinajstić information content (AvgIpc) is 2.89. The molecule has 1 heterocycles. The molecule has 0 aliphatic carbocycles. The molecule has 21 heavy (non-hydrogen) atoms. The molecule has 1 aromatic rings. The van der Waals surface area contributed by atoms with Crippen molar-refractivity contribution < 1.29 is 9.59 Å². The molecule has 0 spiro atoms. The van der Waals surface area contributed by atoms with Gasteiger partial charge in [-0.3, -0.25) is 14.7 Å². The molecule has 0 aliphatic rings. The number of carbonyl (C=O) groups is 2. The van der Waals surface area contributed by atoms with Crippen molar-refractivity contribution in [3.63, 3.8) is 0 Å². The molecule has 7 nitrogen and oxygen atoms in total. The number of rotatable bonds is 5. The second-order valence-corrected chi connectivity index (χ2v) is 5.96. The van der Waals surface area contributed by atoms with Crippen molar-refractivity contribution in [2.75, 3.05) is 13.1 Å². The van der Waals surface area contributed by atoms with Crippen LogP contribution in [-0.2, 0) is 10.2 Å². The van der Waals surface area contributed by atoms with Gasteiger partial charge in [0.25, 0.3) is 5.91 Å². The normalized spacial score (nSPS) is 12.9. The topological polar surface area (TPSA) is 91.0 Å². The molecule has 118 valence electrons. The molecular weight excluding hydrogens is 270 g/mol. The molecule has 0 bridgehead atoms. The minimum absolute atomic E-state index is 0.0547. The van der Waals surface area contributed by atoms with Crippen molar-refractivity contribution in [1.29, 1.82) is 0 Å². The SMILES string of the molecule is CCN(CC)C(=O)C(C)NC(=O)c1n[nH]c(C(C)(C)C)n1. The lowest BCUT2D eigenvalue weighted by atomic mass is 9.96. The lowest BCUT2D eigenvalue weighted by molar-refractivity contribution is -0.132. The van der Waals surface area contributed by atoms with Crippen LogP contribution in [0.3, 0.4) is 0 Å². The summed E-state index contributed by atoms with van der Waals surface area (Å²) < 4.78 is 0. The Balaban J connectivity index is 2.73. The third kappa shape index (κ3) is 4.27. The molecule has 0 saturated heterocycles. The van der Waals surface area contributed by atoms with Gasteiger partial charge >= 0.3 is 0 Å². The quantitative estimate of drug-likeness (QED) is 0.850. The van der Waals surface area contributed by atoms with Gasteiger partial charge < -0.3 is 10.2 Å². The van der Waals surface area contributed by atoms with E-state index in [-0.39, 0.29) is 17.1 Å². The number of nitrogens with one attached hydrogen (secondary N) is 2. The molecule has 1 aromatic heterocycles. The molecule has 1 unspecified atom stereocenters. The van der Waals surface area contributed by atoms with Crippen LogP contribution in [0.5, 0.6) is 0 Å². The Morgan fingerprint density at radius 2 is 1.86 bits per heavy atom. The first kappa shape index (κ1) is 17.1. The van der Waals surface area contributed by atoms with E-state index in [4.69, 9.17) is 0 Å². The maximum atomic E-state index is 12.1. The van der Waals surface area contributed by atoms with E-state index in [1.165, 1.54) is 0 Å². The van der Waals surface area contributed by atoms with E-state index in [0.717, 1.165) is 0 Å². The van der Waals surface area contributed by atoms with Crippen LogP contribution in [0.15, 0.2) is 0 Å². The number of aromatic nitrogens is 3. The van der Waals surface area contributed by atoms with Gasteiger partial charge in [-0.25, -0.2) is 4.98 Å². The summed E-state index contributed by atoms with van der Waals surface area (Å²) in [6, 6.07) is -0.603. The Bertz CT molecular complexity index is 500. The first-order chi connectivity index (χ1) is 9.70. The molecule has 2 amide bonds. The minimum atomic E-state index is -0.603. The predicted octanol–water partition coefficient (Wildman–Crippen LogP) is 1.09. The van der Waals surface area contributed by atoms with Crippen LogP contribution in [0.1, 0.15) is 58.0 Å². The van der Waals surface area contributed by atoms with Gasteiger partial charge in [0, 0.05) is 18.5 Å². The summed E-state index contributed by atoms with van der Waals surface area (Å²) >= 11 is 0. The van der Waals surface area contributed by atoms with Crippen LogP contribution < -0.4 is 5.32 Å². The van der Waals surface area contributed by atoms with Crippen LogP contribution in [-0.4, -0.2) is 51.0 Å². The van der Waals surface area contributed by atoms with Crippen molar-refractivity contribution >= 4 is 11.8 Å². The number of nitrogens with zero attached hydrogens (tertiary/aromatic N) is 3. The summed E-state index contributed by atoms with van der Waals surface area (Å²) in [5.41, 5.74) is -0.214. The highest BCUT2D eigenvalue weighted by Gasteiger charge is 2.24. The number of carbonyl (C=O) groups excluding carboxylic acids is 2. The Morgan fingerprint density at radius 3 is 2.29 bits per heavy atom. The van der Waals surface area contributed by atoms with Crippen molar-refractivity contribution in [1.82, 2.24) is 25.4 Å². The zero-order valence-electron chi connectivity index (χ0n) is 13.6. The highest BCUT2D eigenvalue weighted by atomic mass is 16.2. The summed E-state index contributed by atoms with van der Waals surface area (Å²) in [4.78, 5) is 30.0. The summed E-state index contributed by atoms with van der Waals surface area (Å²) in [5.74, 6) is 0.129. The third-order valence-corrected chi connectivity index (χ3v) is 3.19. The lowest BCUT2D eigenvalue weighted by Gasteiger charge is -2.23. The Labute approximate surface area is 125 Å². The van der Waals surface area contributed by atoms with Crippen molar-refractivity contribution in [2.45, 2.75) is 53.0 Å². The average molecular weight is 295 g/mol. The number of hydrogen-bond acceptors (Lipinski definition) is 4. The first-order valence-electron chi connectivity index (χ1n) is 7.23. The van der Waals surface area contributed by atoms with E-state index in [2.05, 4.69) is 20.5 Å². The van der Waals surface area contributed by atoms with E-state index in [1.54, 1.807) is 11.8 Å². The molecule has 0 aliphatic heterocycles. The third-order valence-electron chi connectivity index (χ3n) is 3.19. The second kappa shape index (κ2) is 6.69. The van der Waals surface area contributed by atoms with Crippen molar-refractivity contribution in [3.05, 3.63) is 11.6 Å². The number of likely N-dealkylation sites (N-methyl/N-ethyl adjacent to an activating group) is 1. The van der Waals surface area contributed by atoms with Crippen LogP contribution >= 0.6 is 0 Å². The van der Waals surface area contributed by atoms with Crippen LogP contribution in [0.25, 0.3) is 0 Å². The maximum absolute atomic E-state index is 12.1. The highest BCUT2D eigenvalue weighted by molar-refractivity contribution is 5.94. The molecule has 2 N–H and O–H groups in total. The molecule has 0 saturated carbocycles. The van der Waals surface area contributed by atoms with Gasteiger partial charge in [0.05, 0.1) is 0 Å². The van der Waals surface area contributed by atoms with E-state index in [0.29, 0.717) is 18.9 Å². The Morgan fingerprint density at radius 1 is 1.29 bits per heavy atom. The fourth-order valence-electron chi connectivity index (χ4n) is 1.83. The first-order valence-corrected chi connectivity index (χ1v) is 7.23. The molecule has 1 atom stereocenters. The van der Waals surface area contributed by atoms with Gasteiger partial charge in [-0.2, -0.15) is 0 Å². The summed E-state index contributed by atoms with van der Waals surface area (Å²) in [7, 11) is 0. The molecule has 0 radical (unpaired) electrons. The minimum Gasteiger partial charge on any atom is -0.341 e. The summed E-state index contributed by atoms with van der Waals surface area (Å²) in [6.45, 7) is 12.6. The monoisotopic (exact) mass is 295 g/mol. The summed E-state index contributed by atoms with van der Waals surface area (Å²) in [6.07, 6.45) is 0. The fraction of sp³-hybridized carbons (Fsp3) is 0.714. The highest BCUT2D eigenvalue weighted by Crippen LogP contribution is 2.17. The zero-order chi connectivity index (χ0) is 16.2. The van der Waals surface area contributed by atoms with Gasteiger partial charge in [-0.05, 0) is 20.8 Å². The van der Waals surface area contributed by atoms with Crippen molar-refractivity contribution in [2.24, 2.45) is 0 Å². The molecule has 7 heteroatoms. The molecule has 1 rings (SSSR count).